The molecule has 0 unspecified atom stereocenters. The Labute approximate surface area is 164 Å². The summed E-state index contributed by atoms with van der Waals surface area (Å²) in [6.45, 7) is 5.23. The van der Waals surface area contributed by atoms with Crippen LogP contribution in [0, 0.1) is 13.8 Å². The molecule has 1 N–H and O–H groups in total. The molecule has 1 aromatic heterocycles. The normalized spacial score (nSPS) is 11.0. The van der Waals surface area contributed by atoms with Gasteiger partial charge in [-0.15, -0.1) is 0 Å². The van der Waals surface area contributed by atoms with E-state index in [1.54, 1.807) is 7.11 Å². The van der Waals surface area contributed by atoms with Gasteiger partial charge in [0.05, 0.1) is 16.8 Å². The predicted molar refractivity (Wildman–Crippen MR) is 110 cm³/mol. The van der Waals surface area contributed by atoms with Gasteiger partial charge in [0.2, 0.25) is 0 Å². The molecule has 0 radical (unpaired) electrons. The summed E-state index contributed by atoms with van der Waals surface area (Å²) in [5, 5.41) is 4.52. The van der Waals surface area contributed by atoms with E-state index in [0.29, 0.717) is 23.7 Å². The van der Waals surface area contributed by atoms with Crippen molar-refractivity contribution in [2.45, 2.75) is 20.3 Å². The number of carbonyl (C=O) groups excluding carboxylic acids is 1. The number of nitrogens with zero attached hydrogens (tertiary/aromatic N) is 1. The van der Waals surface area contributed by atoms with Crippen molar-refractivity contribution in [3.05, 3.63) is 64.2 Å². The van der Waals surface area contributed by atoms with Crippen molar-refractivity contribution >= 4 is 28.4 Å². The van der Waals surface area contributed by atoms with E-state index in [-0.39, 0.29) is 5.91 Å². The lowest BCUT2D eigenvalue weighted by Crippen LogP contribution is -2.25. The molecular weight excluding hydrogens is 360 g/mol. The number of benzene rings is 2. The van der Waals surface area contributed by atoms with Crippen LogP contribution in [0.4, 0.5) is 0 Å². The standard InChI is InChI=1S/C22H23ClN2O2/c1-14-11-15(2)21-18(12-14)19(22(26)24-9-4-10-27-3)13-20(25-21)16-5-7-17(23)8-6-16/h5-8,11-13H,4,9-10H2,1-3H3,(H,24,26). The molecule has 140 valence electrons. The number of amides is 1. The van der Waals surface area contributed by atoms with Gasteiger partial charge in [-0.3, -0.25) is 4.79 Å². The van der Waals surface area contributed by atoms with Crippen LogP contribution in [0.1, 0.15) is 27.9 Å². The zero-order valence-corrected chi connectivity index (χ0v) is 16.6. The van der Waals surface area contributed by atoms with Crippen molar-refractivity contribution < 1.29 is 9.53 Å². The minimum Gasteiger partial charge on any atom is -0.385 e. The van der Waals surface area contributed by atoms with Crippen LogP contribution < -0.4 is 5.32 Å². The van der Waals surface area contributed by atoms with E-state index < -0.39 is 0 Å². The average Bonchev–Trinajstić information content (AvgIpc) is 2.65. The first kappa shape index (κ1) is 19.3. The van der Waals surface area contributed by atoms with Crippen LogP contribution in [-0.2, 0) is 4.74 Å². The van der Waals surface area contributed by atoms with Gasteiger partial charge in [0, 0.05) is 36.2 Å². The molecule has 0 spiro atoms. The molecule has 3 rings (SSSR count). The number of nitrogens with one attached hydrogen (secondary N) is 1. The molecule has 0 atom stereocenters. The third-order valence-electron chi connectivity index (χ3n) is 4.44. The van der Waals surface area contributed by atoms with Crippen molar-refractivity contribution in [3.8, 4) is 11.3 Å². The summed E-state index contributed by atoms with van der Waals surface area (Å²) < 4.78 is 5.05. The summed E-state index contributed by atoms with van der Waals surface area (Å²) in [6, 6.07) is 13.5. The van der Waals surface area contributed by atoms with Crippen LogP contribution in [0.25, 0.3) is 22.2 Å². The Morgan fingerprint density at radius 2 is 1.89 bits per heavy atom. The highest BCUT2D eigenvalue weighted by Crippen LogP contribution is 2.28. The van der Waals surface area contributed by atoms with Crippen molar-refractivity contribution in [2.24, 2.45) is 0 Å². The van der Waals surface area contributed by atoms with Crippen molar-refractivity contribution in [1.29, 1.82) is 0 Å². The smallest absolute Gasteiger partial charge is 0.252 e. The zero-order chi connectivity index (χ0) is 19.4. The molecule has 0 bridgehead atoms. The molecule has 0 aliphatic carbocycles. The lowest BCUT2D eigenvalue weighted by atomic mass is 9.99. The maximum atomic E-state index is 12.9. The van der Waals surface area contributed by atoms with E-state index >= 15 is 0 Å². The second-order valence-corrected chi connectivity index (χ2v) is 7.08. The fraction of sp³-hybridized carbons (Fsp3) is 0.273. The van der Waals surface area contributed by atoms with Gasteiger partial charge in [-0.1, -0.05) is 35.4 Å². The Kier molecular flexibility index (Phi) is 6.09. The molecule has 0 saturated carbocycles. The summed E-state index contributed by atoms with van der Waals surface area (Å²) in [5.74, 6) is -0.0984. The van der Waals surface area contributed by atoms with Gasteiger partial charge in [0.1, 0.15) is 0 Å². The average molecular weight is 383 g/mol. The highest BCUT2D eigenvalue weighted by molar-refractivity contribution is 6.30. The summed E-state index contributed by atoms with van der Waals surface area (Å²) in [4.78, 5) is 17.7. The maximum Gasteiger partial charge on any atom is 0.252 e. The molecule has 2 aromatic carbocycles. The number of aryl methyl sites for hydroxylation is 2. The van der Waals surface area contributed by atoms with E-state index in [1.165, 1.54) is 0 Å². The lowest BCUT2D eigenvalue weighted by Gasteiger charge is -2.13. The fourth-order valence-corrected chi connectivity index (χ4v) is 3.28. The number of pyridine rings is 1. The van der Waals surface area contributed by atoms with Crippen LogP contribution in [0.3, 0.4) is 0 Å². The zero-order valence-electron chi connectivity index (χ0n) is 15.8. The molecule has 27 heavy (non-hydrogen) atoms. The molecule has 0 aliphatic rings. The molecule has 1 heterocycles. The highest BCUT2D eigenvalue weighted by Gasteiger charge is 2.15. The molecule has 3 aromatic rings. The summed E-state index contributed by atoms with van der Waals surface area (Å²) in [5.41, 5.74) is 5.32. The summed E-state index contributed by atoms with van der Waals surface area (Å²) >= 11 is 6.01. The first-order chi connectivity index (χ1) is 13.0. The highest BCUT2D eigenvalue weighted by atomic mass is 35.5. The van der Waals surface area contributed by atoms with E-state index in [2.05, 4.69) is 11.4 Å². The molecular formula is C22H23ClN2O2. The number of halogens is 1. The Hall–Kier alpha value is -2.43. The molecule has 1 amide bonds. The fourth-order valence-electron chi connectivity index (χ4n) is 3.15. The van der Waals surface area contributed by atoms with Crippen LogP contribution in [0.2, 0.25) is 5.02 Å². The Morgan fingerprint density at radius 1 is 1.15 bits per heavy atom. The largest absolute Gasteiger partial charge is 0.385 e. The number of rotatable bonds is 6. The first-order valence-electron chi connectivity index (χ1n) is 8.94. The van der Waals surface area contributed by atoms with Crippen LogP contribution in [0.5, 0.6) is 0 Å². The number of aromatic nitrogens is 1. The van der Waals surface area contributed by atoms with Gasteiger partial charge < -0.3 is 10.1 Å². The quantitative estimate of drug-likeness (QED) is 0.614. The number of methoxy groups -OCH3 is 1. The van der Waals surface area contributed by atoms with Gasteiger partial charge in [-0.2, -0.15) is 0 Å². The minimum absolute atomic E-state index is 0.0984. The van der Waals surface area contributed by atoms with Crippen LogP contribution >= 0.6 is 11.6 Å². The summed E-state index contributed by atoms with van der Waals surface area (Å²) in [7, 11) is 1.65. The Balaban J connectivity index is 2.08. The topological polar surface area (TPSA) is 51.2 Å². The Bertz CT molecular complexity index is 968. The maximum absolute atomic E-state index is 12.9. The second-order valence-electron chi connectivity index (χ2n) is 6.64. The molecule has 4 nitrogen and oxygen atoms in total. The number of hydrogen-bond donors (Lipinski definition) is 1. The van der Waals surface area contributed by atoms with Crippen LogP contribution in [-0.4, -0.2) is 31.2 Å². The molecule has 0 saturated heterocycles. The van der Waals surface area contributed by atoms with Crippen molar-refractivity contribution in [3.63, 3.8) is 0 Å². The molecule has 0 fully saturated rings. The molecule has 5 heteroatoms. The minimum atomic E-state index is -0.0984. The monoisotopic (exact) mass is 382 g/mol. The van der Waals surface area contributed by atoms with E-state index in [9.17, 15) is 4.79 Å². The van der Waals surface area contributed by atoms with Gasteiger partial charge in [-0.05, 0) is 50.1 Å². The predicted octanol–water partition coefficient (Wildman–Crippen LogP) is 4.94. The third-order valence-corrected chi connectivity index (χ3v) is 4.70. The Morgan fingerprint density at radius 3 is 2.59 bits per heavy atom. The van der Waals surface area contributed by atoms with Gasteiger partial charge >= 0.3 is 0 Å². The van der Waals surface area contributed by atoms with Gasteiger partial charge in [0.15, 0.2) is 0 Å². The summed E-state index contributed by atoms with van der Waals surface area (Å²) in [6.07, 6.45) is 0.771. The first-order valence-corrected chi connectivity index (χ1v) is 9.32. The third kappa shape index (κ3) is 4.46. The lowest BCUT2D eigenvalue weighted by molar-refractivity contribution is 0.0950. The number of ether oxygens (including phenoxy) is 1. The number of fused-ring (bicyclic) bond motifs is 1. The van der Waals surface area contributed by atoms with Crippen LogP contribution in [0.15, 0.2) is 42.5 Å². The van der Waals surface area contributed by atoms with Crippen molar-refractivity contribution in [2.75, 3.05) is 20.3 Å². The molecule has 0 aliphatic heterocycles. The van der Waals surface area contributed by atoms with Crippen molar-refractivity contribution in [1.82, 2.24) is 10.3 Å². The second kappa shape index (κ2) is 8.51. The number of carbonyl (C=O) groups is 1. The van der Waals surface area contributed by atoms with E-state index in [1.807, 2.05) is 50.2 Å². The SMILES string of the molecule is COCCCNC(=O)c1cc(-c2ccc(Cl)cc2)nc2c(C)cc(C)cc12. The van der Waals surface area contributed by atoms with Gasteiger partial charge in [-0.25, -0.2) is 4.98 Å². The van der Waals surface area contributed by atoms with Gasteiger partial charge in [0.25, 0.3) is 5.91 Å². The van der Waals surface area contributed by atoms with E-state index in [4.69, 9.17) is 21.3 Å². The number of hydrogen-bond acceptors (Lipinski definition) is 3. The van der Waals surface area contributed by atoms with E-state index in [0.717, 1.165) is 39.7 Å².